The summed E-state index contributed by atoms with van der Waals surface area (Å²) in [4.78, 5) is 40.1. The largest absolute Gasteiger partial charge is 0.496 e. The number of anilines is 1. The van der Waals surface area contributed by atoms with E-state index in [1.165, 1.54) is 21.1 Å². The summed E-state index contributed by atoms with van der Waals surface area (Å²) in [7, 11) is 8.62. The second-order valence-corrected chi connectivity index (χ2v) is 8.04. The van der Waals surface area contributed by atoms with Crippen molar-refractivity contribution in [3.05, 3.63) is 41.3 Å². The van der Waals surface area contributed by atoms with Gasteiger partial charge < -0.3 is 24.2 Å². The number of likely N-dealkylation sites (tertiary alicyclic amines) is 1. The van der Waals surface area contributed by atoms with Crippen molar-refractivity contribution in [2.75, 3.05) is 46.8 Å². The molecular formula is C23H31N5O4. The molecule has 1 saturated heterocycles. The predicted octanol–water partition coefficient (Wildman–Crippen LogP) is 2.52. The highest BCUT2D eigenvalue weighted by Gasteiger charge is 2.35. The lowest BCUT2D eigenvalue weighted by Gasteiger charge is -2.26. The van der Waals surface area contributed by atoms with Crippen molar-refractivity contribution in [1.82, 2.24) is 19.8 Å². The van der Waals surface area contributed by atoms with Crippen LogP contribution >= 0.6 is 0 Å². The zero-order valence-corrected chi connectivity index (χ0v) is 19.6. The van der Waals surface area contributed by atoms with Gasteiger partial charge in [0, 0.05) is 40.7 Å². The van der Waals surface area contributed by atoms with Crippen molar-refractivity contribution in [3.8, 4) is 11.5 Å². The molecule has 1 aromatic heterocycles. The lowest BCUT2D eigenvalue weighted by atomic mass is 10.1. The average Bonchev–Trinajstić information content (AvgIpc) is 3.27. The summed E-state index contributed by atoms with van der Waals surface area (Å²) in [6, 6.07) is 6.88. The van der Waals surface area contributed by atoms with E-state index in [-0.39, 0.29) is 17.9 Å². The van der Waals surface area contributed by atoms with E-state index in [9.17, 15) is 9.59 Å². The lowest BCUT2D eigenvalue weighted by molar-refractivity contribution is -0.128. The van der Waals surface area contributed by atoms with Crippen molar-refractivity contribution in [3.63, 3.8) is 0 Å². The molecule has 0 saturated carbocycles. The first-order valence-electron chi connectivity index (χ1n) is 10.6. The Labute approximate surface area is 188 Å². The summed E-state index contributed by atoms with van der Waals surface area (Å²) >= 11 is 0. The van der Waals surface area contributed by atoms with Gasteiger partial charge in [-0.3, -0.25) is 9.59 Å². The molecule has 1 atom stereocenters. The molecular weight excluding hydrogens is 410 g/mol. The Bertz CT molecular complexity index is 972. The van der Waals surface area contributed by atoms with Crippen LogP contribution in [0, 0.1) is 0 Å². The van der Waals surface area contributed by atoms with Crippen molar-refractivity contribution in [1.29, 1.82) is 0 Å². The van der Waals surface area contributed by atoms with Gasteiger partial charge in [-0.05, 0) is 25.0 Å². The first-order chi connectivity index (χ1) is 15.3. The van der Waals surface area contributed by atoms with Crippen LogP contribution in [-0.4, -0.2) is 73.5 Å². The Morgan fingerprint density at radius 3 is 2.34 bits per heavy atom. The number of ether oxygens (including phenoxy) is 2. The fraction of sp³-hybridized carbons (Fsp3) is 0.478. The quantitative estimate of drug-likeness (QED) is 0.652. The molecule has 0 unspecified atom stereocenters. The van der Waals surface area contributed by atoms with Crippen LogP contribution in [0.1, 0.15) is 47.7 Å². The minimum atomic E-state index is -0.279. The molecule has 3 rings (SSSR count). The Morgan fingerprint density at radius 1 is 1.12 bits per heavy atom. The Kier molecular flexibility index (Phi) is 7.17. The number of carbonyl (C=O) groups is 2. The van der Waals surface area contributed by atoms with Gasteiger partial charge in [0.1, 0.15) is 22.9 Å². The van der Waals surface area contributed by atoms with Crippen molar-refractivity contribution >= 4 is 17.6 Å². The molecule has 0 bridgehead atoms. The van der Waals surface area contributed by atoms with Crippen LogP contribution in [0.15, 0.2) is 24.3 Å². The van der Waals surface area contributed by atoms with Crippen LogP contribution in [0.25, 0.3) is 0 Å². The van der Waals surface area contributed by atoms with Crippen LogP contribution in [-0.2, 0) is 11.3 Å². The lowest BCUT2D eigenvalue weighted by Crippen LogP contribution is -2.33. The monoisotopic (exact) mass is 441 g/mol. The molecule has 9 nitrogen and oxygen atoms in total. The van der Waals surface area contributed by atoms with Crippen molar-refractivity contribution in [2.24, 2.45) is 0 Å². The topological polar surface area (TPSA) is 88.1 Å². The van der Waals surface area contributed by atoms with Gasteiger partial charge in [0.25, 0.3) is 5.91 Å². The van der Waals surface area contributed by atoms with E-state index in [0.29, 0.717) is 36.0 Å². The molecule has 2 aromatic rings. The molecule has 0 N–H and O–H groups in total. The number of methoxy groups -OCH3 is 2. The van der Waals surface area contributed by atoms with Crippen LogP contribution in [0.2, 0.25) is 0 Å². The Hall–Kier alpha value is -3.36. The van der Waals surface area contributed by atoms with Crippen LogP contribution in [0.4, 0.5) is 5.82 Å². The Balaban J connectivity index is 2.00. The highest BCUT2D eigenvalue weighted by Crippen LogP contribution is 2.36. The summed E-state index contributed by atoms with van der Waals surface area (Å²) in [5.41, 5.74) is 1.12. The molecule has 1 fully saturated rings. The Morgan fingerprint density at radius 2 is 1.78 bits per heavy atom. The first kappa shape index (κ1) is 23.3. The molecule has 1 aliphatic rings. The van der Waals surface area contributed by atoms with Crippen LogP contribution in [0.3, 0.4) is 0 Å². The van der Waals surface area contributed by atoms with Crippen LogP contribution in [0.5, 0.6) is 11.5 Å². The maximum absolute atomic E-state index is 13.6. The van der Waals surface area contributed by atoms with Crippen LogP contribution < -0.4 is 14.4 Å². The van der Waals surface area contributed by atoms with Gasteiger partial charge in [-0.25, -0.2) is 9.97 Å². The van der Waals surface area contributed by atoms with Gasteiger partial charge in [-0.15, -0.1) is 0 Å². The van der Waals surface area contributed by atoms with E-state index in [1.54, 1.807) is 35.0 Å². The summed E-state index contributed by atoms with van der Waals surface area (Å²) in [6.45, 7) is 2.47. The van der Waals surface area contributed by atoms with E-state index in [0.717, 1.165) is 24.4 Å². The van der Waals surface area contributed by atoms with E-state index in [1.807, 2.05) is 25.1 Å². The maximum atomic E-state index is 13.6. The predicted molar refractivity (Wildman–Crippen MR) is 121 cm³/mol. The van der Waals surface area contributed by atoms with Gasteiger partial charge in [-0.2, -0.15) is 0 Å². The fourth-order valence-electron chi connectivity index (χ4n) is 3.80. The molecule has 9 heteroatoms. The van der Waals surface area contributed by atoms with Gasteiger partial charge in [-0.1, -0.05) is 6.07 Å². The van der Waals surface area contributed by atoms with Crippen molar-refractivity contribution in [2.45, 2.75) is 32.4 Å². The maximum Gasteiger partial charge on any atom is 0.262 e. The third-order valence-corrected chi connectivity index (χ3v) is 5.63. The second-order valence-electron chi connectivity index (χ2n) is 8.04. The summed E-state index contributed by atoms with van der Waals surface area (Å²) in [6.07, 6.45) is 1.59. The summed E-state index contributed by atoms with van der Waals surface area (Å²) < 4.78 is 10.9. The van der Waals surface area contributed by atoms with E-state index in [2.05, 4.69) is 0 Å². The molecule has 0 radical (unpaired) electrons. The SMILES string of the molecule is COc1cccc(OC)c1C(=O)N1CCC[C@H]1c1nc(CN(C)C(C)=O)cc(N(C)C)n1. The van der Waals surface area contributed by atoms with Crippen molar-refractivity contribution < 1.29 is 19.1 Å². The standard InChI is InChI=1S/C23H31N5O4/c1-15(29)27(4)14-16-13-20(26(2)3)25-22(24-16)17-9-8-12-28(17)23(30)21-18(31-5)10-7-11-19(21)32-6/h7,10-11,13,17H,8-9,12,14H2,1-6H3/t17-/m0/s1. The zero-order valence-electron chi connectivity index (χ0n) is 19.6. The number of aromatic nitrogens is 2. The number of amides is 2. The normalized spacial score (nSPS) is 15.4. The zero-order chi connectivity index (χ0) is 23.4. The molecule has 32 heavy (non-hydrogen) atoms. The molecule has 1 aromatic carbocycles. The molecule has 2 amide bonds. The average molecular weight is 442 g/mol. The minimum Gasteiger partial charge on any atom is -0.496 e. The molecule has 1 aliphatic heterocycles. The smallest absolute Gasteiger partial charge is 0.262 e. The highest BCUT2D eigenvalue weighted by molar-refractivity contribution is 6.00. The first-order valence-corrected chi connectivity index (χ1v) is 10.6. The fourth-order valence-corrected chi connectivity index (χ4v) is 3.80. The minimum absolute atomic E-state index is 0.0440. The number of rotatable bonds is 7. The number of benzene rings is 1. The van der Waals surface area contributed by atoms with E-state index < -0.39 is 0 Å². The number of hydrogen-bond acceptors (Lipinski definition) is 7. The highest BCUT2D eigenvalue weighted by atomic mass is 16.5. The number of hydrogen-bond donors (Lipinski definition) is 0. The number of carbonyl (C=O) groups excluding carboxylic acids is 2. The molecule has 0 aliphatic carbocycles. The second kappa shape index (κ2) is 9.84. The number of nitrogens with zero attached hydrogens (tertiary/aromatic N) is 5. The molecule has 172 valence electrons. The molecule has 2 heterocycles. The van der Waals surface area contributed by atoms with E-state index in [4.69, 9.17) is 19.4 Å². The summed E-state index contributed by atoms with van der Waals surface area (Å²) in [5, 5.41) is 0. The van der Waals surface area contributed by atoms with Gasteiger partial charge in [0.15, 0.2) is 5.82 Å². The van der Waals surface area contributed by atoms with E-state index >= 15 is 0 Å². The third-order valence-electron chi connectivity index (χ3n) is 5.63. The van der Waals surface area contributed by atoms with Gasteiger partial charge >= 0.3 is 0 Å². The van der Waals surface area contributed by atoms with Gasteiger partial charge in [0.05, 0.1) is 32.5 Å². The van der Waals surface area contributed by atoms with Gasteiger partial charge in [0.2, 0.25) is 5.91 Å². The third kappa shape index (κ3) is 4.76. The summed E-state index contributed by atoms with van der Waals surface area (Å²) in [5.74, 6) is 2.01. The molecule has 0 spiro atoms.